The van der Waals surface area contributed by atoms with E-state index in [1.54, 1.807) is 0 Å². The summed E-state index contributed by atoms with van der Waals surface area (Å²) in [7, 11) is 0. The maximum Gasteiger partial charge on any atom is 0.147 e. The predicted octanol–water partition coefficient (Wildman–Crippen LogP) is 1.11. The van der Waals surface area contributed by atoms with Gasteiger partial charge in [-0.1, -0.05) is 0 Å². The number of rotatable bonds is 4. The summed E-state index contributed by atoms with van der Waals surface area (Å²) in [5.74, 6) is 0.520. The zero-order valence-electron chi connectivity index (χ0n) is 13.3. The van der Waals surface area contributed by atoms with Crippen molar-refractivity contribution in [3.05, 3.63) is 18.6 Å². The molecule has 4 N–H and O–H groups in total. The van der Waals surface area contributed by atoms with E-state index in [1.807, 2.05) is 12.3 Å². The van der Waals surface area contributed by atoms with Crippen LogP contribution in [-0.4, -0.2) is 51.2 Å². The standard InChI is InChI=1S/C16H24N6O/c17-8-11-2-1-6-21(11)9-12-3-4-14(23-12)22-7-5-13-15(18)19-10-20-16(13)22/h5,7,10-12,14H,1-4,6,8-9,17H2,(H2,18,19,20). The maximum absolute atomic E-state index is 6.29. The molecule has 0 bridgehead atoms. The molecular formula is C16H24N6O. The summed E-state index contributed by atoms with van der Waals surface area (Å²) in [5.41, 5.74) is 12.6. The quantitative estimate of drug-likeness (QED) is 0.877. The summed E-state index contributed by atoms with van der Waals surface area (Å²) in [6.45, 7) is 2.87. The lowest BCUT2D eigenvalue weighted by Crippen LogP contribution is -2.40. The first-order chi connectivity index (χ1) is 11.3. The molecule has 2 saturated heterocycles. The second-order valence-electron chi connectivity index (χ2n) is 6.54. The first-order valence-corrected chi connectivity index (χ1v) is 8.43. The molecule has 2 aliphatic rings. The highest BCUT2D eigenvalue weighted by atomic mass is 16.5. The zero-order valence-corrected chi connectivity index (χ0v) is 13.3. The zero-order chi connectivity index (χ0) is 15.8. The maximum atomic E-state index is 6.29. The third kappa shape index (κ3) is 2.69. The average Bonchev–Trinajstić information content (AvgIpc) is 3.26. The van der Waals surface area contributed by atoms with Crippen LogP contribution in [0.4, 0.5) is 5.82 Å². The molecule has 0 aliphatic carbocycles. The normalized spacial score (nSPS) is 28.8. The highest BCUT2D eigenvalue weighted by Gasteiger charge is 2.32. The van der Waals surface area contributed by atoms with Crippen LogP contribution in [0, 0.1) is 0 Å². The van der Waals surface area contributed by atoms with Gasteiger partial charge in [-0.25, -0.2) is 9.97 Å². The van der Waals surface area contributed by atoms with E-state index >= 15 is 0 Å². The van der Waals surface area contributed by atoms with Gasteiger partial charge in [0.2, 0.25) is 0 Å². The summed E-state index contributed by atoms with van der Waals surface area (Å²) in [5, 5.41) is 0.891. The molecule has 4 rings (SSSR count). The minimum absolute atomic E-state index is 0.0331. The number of aromatic nitrogens is 3. The van der Waals surface area contributed by atoms with Crippen molar-refractivity contribution >= 4 is 16.9 Å². The first-order valence-electron chi connectivity index (χ1n) is 8.43. The summed E-state index contributed by atoms with van der Waals surface area (Å²) in [6.07, 6.45) is 8.34. The van der Waals surface area contributed by atoms with E-state index in [2.05, 4.69) is 19.4 Å². The molecule has 2 aromatic rings. The van der Waals surface area contributed by atoms with Crippen LogP contribution in [-0.2, 0) is 4.74 Å². The van der Waals surface area contributed by atoms with Gasteiger partial charge in [-0.15, -0.1) is 0 Å². The Bertz CT molecular complexity index is 686. The third-order valence-electron chi connectivity index (χ3n) is 5.14. The van der Waals surface area contributed by atoms with Crippen molar-refractivity contribution in [3.8, 4) is 0 Å². The van der Waals surface area contributed by atoms with Crippen molar-refractivity contribution in [2.24, 2.45) is 5.73 Å². The molecule has 0 spiro atoms. The Morgan fingerprint density at radius 2 is 2.17 bits per heavy atom. The number of fused-ring (bicyclic) bond motifs is 1. The van der Waals surface area contributed by atoms with Gasteiger partial charge in [-0.2, -0.15) is 0 Å². The molecule has 2 aromatic heterocycles. The molecule has 3 unspecified atom stereocenters. The Morgan fingerprint density at radius 1 is 1.26 bits per heavy atom. The number of ether oxygens (including phenoxy) is 1. The number of nitrogens with two attached hydrogens (primary N) is 2. The summed E-state index contributed by atoms with van der Waals surface area (Å²) in [4.78, 5) is 10.9. The SMILES string of the molecule is NCC1CCCN1CC1CCC(n2ccc3c(N)ncnc32)O1. The van der Waals surface area contributed by atoms with E-state index in [9.17, 15) is 0 Å². The van der Waals surface area contributed by atoms with Gasteiger partial charge < -0.3 is 20.8 Å². The molecule has 7 heteroatoms. The molecule has 0 saturated carbocycles. The number of hydrogen-bond donors (Lipinski definition) is 2. The van der Waals surface area contributed by atoms with E-state index in [0.29, 0.717) is 11.9 Å². The van der Waals surface area contributed by atoms with E-state index in [0.717, 1.165) is 43.5 Å². The second kappa shape index (κ2) is 6.07. The number of likely N-dealkylation sites (tertiary alicyclic amines) is 1. The lowest BCUT2D eigenvalue weighted by Gasteiger charge is -2.26. The van der Waals surface area contributed by atoms with Gasteiger partial charge in [0.15, 0.2) is 0 Å². The fourth-order valence-corrected chi connectivity index (χ4v) is 3.91. The number of anilines is 1. The molecule has 124 valence electrons. The summed E-state index contributed by atoms with van der Waals surface area (Å²) in [6, 6.07) is 2.49. The Morgan fingerprint density at radius 3 is 3.04 bits per heavy atom. The van der Waals surface area contributed by atoms with Gasteiger partial charge in [-0.05, 0) is 38.3 Å². The molecule has 0 amide bonds. The number of nitrogen functional groups attached to an aromatic ring is 1. The average molecular weight is 316 g/mol. The summed E-state index contributed by atoms with van der Waals surface area (Å²) < 4.78 is 8.37. The van der Waals surface area contributed by atoms with Gasteiger partial charge in [0.25, 0.3) is 0 Å². The Kier molecular flexibility index (Phi) is 3.92. The fourth-order valence-electron chi connectivity index (χ4n) is 3.91. The minimum Gasteiger partial charge on any atom is -0.383 e. The van der Waals surface area contributed by atoms with Gasteiger partial charge in [0.05, 0.1) is 11.5 Å². The number of nitrogens with zero attached hydrogens (tertiary/aromatic N) is 4. The molecule has 3 atom stereocenters. The van der Waals surface area contributed by atoms with E-state index < -0.39 is 0 Å². The van der Waals surface area contributed by atoms with Gasteiger partial charge >= 0.3 is 0 Å². The van der Waals surface area contributed by atoms with Crippen LogP contribution in [0.2, 0.25) is 0 Å². The molecule has 4 heterocycles. The Balaban J connectivity index is 1.46. The first kappa shape index (κ1) is 14.9. The topological polar surface area (TPSA) is 95.2 Å². The van der Waals surface area contributed by atoms with Crippen molar-refractivity contribution in [2.75, 3.05) is 25.4 Å². The number of hydrogen-bond acceptors (Lipinski definition) is 6. The van der Waals surface area contributed by atoms with E-state index in [1.165, 1.54) is 19.2 Å². The Labute approximate surface area is 135 Å². The molecule has 2 aliphatic heterocycles. The van der Waals surface area contributed by atoms with Crippen molar-refractivity contribution < 1.29 is 4.74 Å². The smallest absolute Gasteiger partial charge is 0.147 e. The molecule has 0 aromatic carbocycles. The lowest BCUT2D eigenvalue weighted by molar-refractivity contribution is -0.0126. The van der Waals surface area contributed by atoms with Crippen molar-refractivity contribution in [1.82, 2.24) is 19.4 Å². The van der Waals surface area contributed by atoms with Crippen LogP contribution in [0.15, 0.2) is 18.6 Å². The molecule has 2 fully saturated rings. The van der Waals surface area contributed by atoms with E-state index in [4.69, 9.17) is 16.2 Å². The van der Waals surface area contributed by atoms with Gasteiger partial charge in [0.1, 0.15) is 24.0 Å². The Hall–Kier alpha value is -1.70. The minimum atomic E-state index is 0.0331. The monoisotopic (exact) mass is 316 g/mol. The van der Waals surface area contributed by atoms with Gasteiger partial charge in [-0.3, -0.25) is 4.90 Å². The second-order valence-corrected chi connectivity index (χ2v) is 6.54. The van der Waals surface area contributed by atoms with Crippen LogP contribution >= 0.6 is 0 Å². The summed E-state index contributed by atoms with van der Waals surface area (Å²) >= 11 is 0. The highest BCUT2D eigenvalue weighted by Crippen LogP contribution is 2.33. The van der Waals surface area contributed by atoms with Crippen molar-refractivity contribution in [3.63, 3.8) is 0 Å². The predicted molar refractivity (Wildman–Crippen MR) is 88.7 cm³/mol. The molecule has 0 radical (unpaired) electrons. The molecule has 7 nitrogen and oxygen atoms in total. The van der Waals surface area contributed by atoms with Crippen LogP contribution in [0.5, 0.6) is 0 Å². The van der Waals surface area contributed by atoms with E-state index in [-0.39, 0.29) is 12.3 Å². The van der Waals surface area contributed by atoms with Gasteiger partial charge in [0, 0.05) is 25.3 Å². The molecule has 23 heavy (non-hydrogen) atoms. The fraction of sp³-hybridized carbons (Fsp3) is 0.625. The van der Waals surface area contributed by atoms with Crippen LogP contribution in [0.25, 0.3) is 11.0 Å². The van der Waals surface area contributed by atoms with Crippen molar-refractivity contribution in [2.45, 2.75) is 44.1 Å². The third-order valence-corrected chi connectivity index (χ3v) is 5.14. The van der Waals surface area contributed by atoms with Crippen LogP contribution < -0.4 is 11.5 Å². The largest absolute Gasteiger partial charge is 0.383 e. The van der Waals surface area contributed by atoms with Crippen LogP contribution in [0.3, 0.4) is 0 Å². The van der Waals surface area contributed by atoms with Crippen molar-refractivity contribution in [1.29, 1.82) is 0 Å². The highest BCUT2D eigenvalue weighted by molar-refractivity contribution is 5.86. The lowest BCUT2D eigenvalue weighted by atomic mass is 10.2. The molecular weight excluding hydrogens is 292 g/mol. The van der Waals surface area contributed by atoms with Crippen LogP contribution in [0.1, 0.15) is 31.9 Å².